The van der Waals surface area contributed by atoms with Crippen LogP contribution in [0.15, 0.2) is 12.2 Å². The van der Waals surface area contributed by atoms with Crippen LogP contribution in [0, 0.1) is 0 Å². The Hall–Kier alpha value is -1.40. The second-order valence-electron chi connectivity index (χ2n) is 25.6. The van der Waals surface area contributed by atoms with Gasteiger partial charge in [-0.1, -0.05) is 392 Å². The summed E-state index contributed by atoms with van der Waals surface area (Å²) >= 11 is 0. The van der Waals surface area contributed by atoms with E-state index in [1.165, 1.54) is 360 Å². The van der Waals surface area contributed by atoms with E-state index in [0.29, 0.717) is 19.4 Å². The van der Waals surface area contributed by atoms with E-state index in [-0.39, 0.29) is 18.5 Å². The van der Waals surface area contributed by atoms with Crippen LogP contribution in [0.3, 0.4) is 0 Å². The van der Waals surface area contributed by atoms with Crippen LogP contribution in [0.25, 0.3) is 0 Å². The first-order valence-corrected chi connectivity index (χ1v) is 37.0. The summed E-state index contributed by atoms with van der Waals surface area (Å²) in [6.45, 7) is 4.95. The number of hydrogen-bond acceptors (Lipinski definition) is 5. The van der Waals surface area contributed by atoms with Gasteiger partial charge in [0.15, 0.2) is 0 Å². The van der Waals surface area contributed by atoms with Crippen molar-refractivity contribution < 1.29 is 24.5 Å². The van der Waals surface area contributed by atoms with Gasteiger partial charge >= 0.3 is 5.97 Å². The van der Waals surface area contributed by atoms with Crippen molar-refractivity contribution in [2.24, 2.45) is 0 Å². The molecule has 0 spiro atoms. The standard InChI is InChI=1S/C74H145NO5/c1-3-5-7-9-11-13-15-17-18-19-33-37-40-44-48-52-56-60-64-68-74(79)80-69-65-61-57-53-49-45-41-38-35-32-30-28-26-24-22-20-21-23-25-27-29-31-34-36-39-43-47-51-55-59-63-67-73(78)75-71(70-76)72(77)66-62-58-54-50-46-42-16-14-12-10-8-6-4-2/h62,66,71-72,76-77H,3-61,63-65,67-70H2,1-2H3,(H,75,78)/b66-62+. The van der Waals surface area contributed by atoms with Gasteiger partial charge in [-0.2, -0.15) is 0 Å². The third kappa shape index (κ3) is 65.7. The zero-order valence-electron chi connectivity index (χ0n) is 54.6. The Labute approximate surface area is 501 Å². The van der Waals surface area contributed by atoms with E-state index in [1.807, 2.05) is 6.08 Å². The number of nitrogens with one attached hydrogen (secondary N) is 1. The second-order valence-corrected chi connectivity index (χ2v) is 25.6. The lowest BCUT2D eigenvalue weighted by Crippen LogP contribution is -2.45. The highest BCUT2D eigenvalue weighted by molar-refractivity contribution is 5.76. The average molecular weight is 1130 g/mol. The minimum Gasteiger partial charge on any atom is -0.466 e. The fourth-order valence-electron chi connectivity index (χ4n) is 11.9. The highest BCUT2D eigenvalue weighted by Gasteiger charge is 2.18. The van der Waals surface area contributed by atoms with Crippen molar-refractivity contribution in [1.82, 2.24) is 5.32 Å². The molecule has 0 aromatic rings. The largest absolute Gasteiger partial charge is 0.466 e. The van der Waals surface area contributed by atoms with Crippen LogP contribution >= 0.6 is 0 Å². The number of ether oxygens (including phenoxy) is 1. The quantitative estimate of drug-likeness (QED) is 0.0320. The highest BCUT2D eigenvalue weighted by Crippen LogP contribution is 2.20. The number of esters is 1. The summed E-state index contributed by atoms with van der Waals surface area (Å²) in [6.07, 6.45) is 87.5. The summed E-state index contributed by atoms with van der Waals surface area (Å²) in [6, 6.07) is -0.623. The molecule has 0 saturated heterocycles. The molecule has 6 nitrogen and oxygen atoms in total. The van der Waals surface area contributed by atoms with E-state index >= 15 is 0 Å². The maximum absolute atomic E-state index is 12.5. The van der Waals surface area contributed by atoms with Gasteiger partial charge in [-0.3, -0.25) is 9.59 Å². The third-order valence-corrected chi connectivity index (χ3v) is 17.6. The molecule has 0 heterocycles. The summed E-state index contributed by atoms with van der Waals surface area (Å²) in [5.41, 5.74) is 0. The fourth-order valence-corrected chi connectivity index (χ4v) is 11.9. The van der Waals surface area contributed by atoms with Gasteiger partial charge < -0.3 is 20.3 Å². The Morgan fingerprint density at radius 2 is 0.575 bits per heavy atom. The first kappa shape index (κ1) is 78.6. The molecule has 0 rings (SSSR count). The van der Waals surface area contributed by atoms with Crippen molar-refractivity contribution in [2.75, 3.05) is 13.2 Å². The van der Waals surface area contributed by atoms with Crippen LogP contribution in [-0.4, -0.2) is 47.4 Å². The number of aliphatic hydroxyl groups excluding tert-OH is 2. The predicted octanol–water partition coefficient (Wildman–Crippen LogP) is 23.9. The molecule has 0 aliphatic heterocycles. The van der Waals surface area contributed by atoms with Crippen molar-refractivity contribution >= 4 is 11.9 Å². The maximum Gasteiger partial charge on any atom is 0.305 e. The first-order chi connectivity index (χ1) is 39.5. The van der Waals surface area contributed by atoms with E-state index in [1.54, 1.807) is 6.08 Å². The maximum atomic E-state index is 12.5. The van der Waals surface area contributed by atoms with Crippen molar-refractivity contribution in [3.63, 3.8) is 0 Å². The van der Waals surface area contributed by atoms with Gasteiger partial charge in [-0.05, 0) is 32.1 Å². The summed E-state index contributed by atoms with van der Waals surface area (Å²) in [7, 11) is 0. The topological polar surface area (TPSA) is 95.9 Å². The van der Waals surface area contributed by atoms with Crippen LogP contribution in [0.1, 0.15) is 425 Å². The Kier molecular flexibility index (Phi) is 68.9. The number of unbranched alkanes of at least 4 members (excludes halogenated alkanes) is 59. The molecule has 2 unspecified atom stereocenters. The van der Waals surface area contributed by atoms with E-state index in [0.717, 1.165) is 38.5 Å². The first-order valence-electron chi connectivity index (χ1n) is 37.0. The average Bonchev–Trinajstić information content (AvgIpc) is 3.46. The van der Waals surface area contributed by atoms with Crippen molar-refractivity contribution in [2.45, 2.75) is 437 Å². The van der Waals surface area contributed by atoms with Crippen molar-refractivity contribution in [3.8, 4) is 0 Å². The van der Waals surface area contributed by atoms with Gasteiger partial charge in [-0.15, -0.1) is 0 Å². The lowest BCUT2D eigenvalue weighted by molar-refractivity contribution is -0.143. The number of amides is 1. The predicted molar refractivity (Wildman–Crippen MR) is 352 cm³/mol. The number of carbonyl (C=O) groups excluding carboxylic acids is 2. The SMILES string of the molecule is CCCCCCCCCCCCC/C=C/C(O)C(CO)NC(=O)CCCCCCCCCCCCCCCCCCCCCCCCCCCCCCCCCOC(=O)CCCCCCCCCCCCCCCCCCCCC. The zero-order chi connectivity index (χ0) is 57.8. The Morgan fingerprint density at radius 1 is 0.338 bits per heavy atom. The van der Waals surface area contributed by atoms with Gasteiger partial charge in [0.2, 0.25) is 5.91 Å². The molecule has 0 aromatic heterocycles. The molecule has 1 amide bonds. The summed E-state index contributed by atoms with van der Waals surface area (Å²) in [5.74, 6) is -0.0353. The molecule has 2 atom stereocenters. The van der Waals surface area contributed by atoms with E-state index in [4.69, 9.17) is 4.74 Å². The third-order valence-electron chi connectivity index (χ3n) is 17.6. The number of allylic oxidation sites excluding steroid dienone is 1. The van der Waals surface area contributed by atoms with Crippen LogP contribution in [0.4, 0.5) is 0 Å². The molecule has 0 aromatic carbocycles. The van der Waals surface area contributed by atoms with Crippen LogP contribution in [-0.2, 0) is 14.3 Å². The number of carbonyl (C=O) groups is 2. The van der Waals surface area contributed by atoms with E-state index in [9.17, 15) is 19.8 Å². The second kappa shape index (κ2) is 70.1. The van der Waals surface area contributed by atoms with Crippen LogP contribution < -0.4 is 5.32 Å². The molecule has 0 fully saturated rings. The lowest BCUT2D eigenvalue weighted by Gasteiger charge is -2.20. The summed E-state index contributed by atoms with van der Waals surface area (Å²) < 4.78 is 5.52. The number of hydrogen-bond donors (Lipinski definition) is 3. The Balaban J connectivity index is 3.30. The molecule has 0 aliphatic carbocycles. The van der Waals surface area contributed by atoms with E-state index < -0.39 is 12.1 Å². The van der Waals surface area contributed by atoms with Gasteiger partial charge in [0.25, 0.3) is 0 Å². The molecule has 0 saturated carbocycles. The molecule has 0 radical (unpaired) electrons. The monoisotopic (exact) mass is 1130 g/mol. The van der Waals surface area contributed by atoms with Crippen LogP contribution in [0.5, 0.6) is 0 Å². The van der Waals surface area contributed by atoms with E-state index in [2.05, 4.69) is 19.2 Å². The Morgan fingerprint density at radius 3 is 0.850 bits per heavy atom. The minimum atomic E-state index is -0.840. The highest BCUT2D eigenvalue weighted by atomic mass is 16.5. The van der Waals surface area contributed by atoms with Gasteiger partial charge in [0.05, 0.1) is 25.4 Å². The van der Waals surface area contributed by atoms with Crippen LogP contribution in [0.2, 0.25) is 0 Å². The molecular formula is C74H145NO5. The molecule has 3 N–H and O–H groups in total. The van der Waals surface area contributed by atoms with Crippen molar-refractivity contribution in [1.29, 1.82) is 0 Å². The molecule has 476 valence electrons. The minimum absolute atomic E-state index is 0.0262. The van der Waals surface area contributed by atoms with Crippen molar-refractivity contribution in [3.05, 3.63) is 12.2 Å². The normalized spacial score (nSPS) is 12.5. The number of aliphatic hydroxyl groups is 2. The lowest BCUT2D eigenvalue weighted by atomic mass is 10.0. The molecule has 0 bridgehead atoms. The molecule has 0 aliphatic rings. The Bertz CT molecular complexity index is 1210. The number of rotatable bonds is 70. The summed E-state index contributed by atoms with van der Waals surface area (Å²) in [5, 5.41) is 23.1. The summed E-state index contributed by atoms with van der Waals surface area (Å²) in [4.78, 5) is 24.6. The fraction of sp³-hybridized carbons (Fsp3) is 0.946. The van der Waals surface area contributed by atoms with Gasteiger partial charge in [-0.25, -0.2) is 0 Å². The van der Waals surface area contributed by atoms with Gasteiger partial charge in [0.1, 0.15) is 0 Å². The zero-order valence-corrected chi connectivity index (χ0v) is 54.6. The molecule has 80 heavy (non-hydrogen) atoms. The smallest absolute Gasteiger partial charge is 0.305 e. The molecule has 6 heteroatoms. The van der Waals surface area contributed by atoms with Gasteiger partial charge in [0, 0.05) is 12.8 Å². The molecular weight excluding hydrogens is 983 g/mol.